The van der Waals surface area contributed by atoms with Crippen molar-refractivity contribution in [3.63, 3.8) is 0 Å². The molecule has 0 bridgehead atoms. The van der Waals surface area contributed by atoms with Gasteiger partial charge in [-0.1, -0.05) is 85.8 Å². The smallest absolute Gasteiger partial charge is 0.259 e. The molecular weight excluding hydrogens is 332 g/mol. The highest BCUT2D eigenvalue weighted by atomic mass is 28.4. The molecule has 1 saturated heterocycles. The minimum atomic E-state index is -2.28. The molecule has 1 nitrogen and oxygen atoms in total. The monoisotopic (exact) mass is 358 g/mol. The van der Waals surface area contributed by atoms with Crippen molar-refractivity contribution in [3.05, 3.63) is 95.6 Å². The molecule has 1 aliphatic heterocycles. The van der Waals surface area contributed by atoms with Gasteiger partial charge < -0.3 is 4.43 Å². The zero-order valence-corrected chi connectivity index (χ0v) is 16.8. The Morgan fingerprint density at radius 2 is 1.23 bits per heavy atom. The Bertz CT molecular complexity index is 829. The molecule has 0 saturated carbocycles. The van der Waals surface area contributed by atoms with Crippen LogP contribution in [0.25, 0.3) is 0 Å². The summed E-state index contributed by atoms with van der Waals surface area (Å²) in [6.45, 7) is 6.81. The van der Waals surface area contributed by atoms with E-state index in [1.54, 1.807) is 0 Å². The van der Waals surface area contributed by atoms with Crippen LogP contribution < -0.4 is 10.4 Å². The highest BCUT2D eigenvalue weighted by Crippen LogP contribution is 2.45. The molecule has 132 valence electrons. The third kappa shape index (κ3) is 2.74. The molecule has 0 unspecified atom stereocenters. The van der Waals surface area contributed by atoms with E-state index in [1.165, 1.54) is 27.1 Å². The van der Waals surface area contributed by atoms with Gasteiger partial charge in [0.15, 0.2) is 0 Å². The molecule has 3 aromatic carbocycles. The van der Waals surface area contributed by atoms with E-state index in [2.05, 4.69) is 99.6 Å². The fraction of sp³-hybridized carbons (Fsp3) is 0.250. The number of hydrogen-bond acceptors (Lipinski definition) is 1. The van der Waals surface area contributed by atoms with Crippen molar-refractivity contribution >= 4 is 18.7 Å². The molecule has 1 fully saturated rings. The maximum Gasteiger partial charge on any atom is 0.259 e. The maximum atomic E-state index is 7.12. The zero-order chi connectivity index (χ0) is 18.1. The second-order valence-electron chi connectivity index (χ2n) is 7.52. The zero-order valence-electron chi connectivity index (χ0n) is 15.8. The largest absolute Gasteiger partial charge is 0.401 e. The average molecular weight is 359 g/mol. The Hall–Kier alpha value is -2.16. The number of benzene rings is 3. The van der Waals surface area contributed by atoms with Crippen molar-refractivity contribution in [2.24, 2.45) is 0 Å². The van der Waals surface area contributed by atoms with Gasteiger partial charge in [-0.2, -0.15) is 0 Å². The van der Waals surface area contributed by atoms with Crippen LogP contribution in [0.15, 0.2) is 78.9 Å². The van der Waals surface area contributed by atoms with E-state index in [9.17, 15) is 0 Å². The number of rotatable bonds is 3. The van der Waals surface area contributed by atoms with Gasteiger partial charge in [-0.15, -0.1) is 0 Å². The predicted octanol–water partition coefficient (Wildman–Crippen LogP) is 4.91. The lowest BCUT2D eigenvalue weighted by Gasteiger charge is -2.32. The standard InChI is InChI=1S/C24H26OSi/c1-18-11-10-12-19(2)24(18)23-17-20(3)26(25-23,21-13-6-4-7-14-21)22-15-8-5-9-16-22/h4-16,20,23H,17H2,1-3H3/t20-,23+/m1/s1. The predicted molar refractivity (Wildman–Crippen MR) is 112 cm³/mol. The summed E-state index contributed by atoms with van der Waals surface area (Å²) in [5, 5.41) is 2.76. The quantitative estimate of drug-likeness (QED) is 0.604. The second kappa shape index (κ2) is 6.86. The summed E-state index contributed by atoms with van der Waals surface area (Å²) in [4.78, 5) is 0. The summed E-state index contributed by atoms with van der Waals surface area (Å²) in [6, 6.07) is 28.4. The molecule has 1 heterocycles. The van der Waals surface area contributed by atoms with Crippen molar-refractivity contribution in [2.75, 3.05) is 0 Å². The summed E-state index contributed by atoms with van der Waals surface area (Å²) >= 11 is 0. The van der Waals surface area contributed by atoms with E-state index >= 15 is 0 Å². The Morgan fingerprint density at radius 3 is 1.73 bits per heavy atom. The molecule has 0 aliphatic carbocycles. The Labute approximate surface area is 157 Å². The van der Waals surface area contributed by atoms with Gasteiger partial charge in [0.25, 0.3) is 8.32 Å². The number of aryl methyl sites for hydroxylation is 2. The normalized spacial score (nSPS) is 21.7. The van der Waals surface area contributed by atoms with Gasteiger partial charge in [-0.25, -0.2) is 0 Å². The first kappa shape index (κ1) is 17.3. The molecular formula is C24H26OSi. The summed E-state index contributed by atoms with van der Waals surface area (Å²) in [7, 11) is -2.28. The van der Waals surface area contributed by atoms with Crippen molar-refractivity contribution in [2.45, 2.75) is 38.8 Å². The van der Waals surface area contributed by atoms with Gasteiger partial charge in [0.05, 0.1) is 6.10 Å². The van der Waals surface area contributed by atoms with Crippen LogP contribution >= 0.6 is 0 Å². The van der Waals surface area contributed by atoms with Gasteiger partial charge >= 0.3 is 0 Å². The van der Waals surface area contributed by atoms with Gasteiger partial charge in [0.1, 0.15) is 0 Å². The SMILES string of the molecule is Cc1cccc(C)c1[C@@H]1C[C@@H](C)[Si](c2ccccc2)(c2ccccc2)O1. The van der Waals surface area contributed by atoms with E-state index < -0.39 is 8.32 Å². The second-order valence-corrected chi connectivity index (χ2v) is 11.4. The van der Waals surface area contributed by atoms with E-state index in [0.717, 1.165) is 6.42 Å². The Kier molecular flexibility index (Phi) is 4.56. The molecule has 2 heteroatoms. The van der Waals surface area contributed by atoms with Gasteiger partial charge in [0.2, 0.25) is 0 Å². The summed E-state index contributed by atoms with van der Waals surface area (Å²) in [6.07, 6.45) is 1.26. The van der Waals surface area contributed by atoms with Crippen LogP contribution in [-0.2, 0) is 4.43 Å². The van der Waals surface area contributed by atoms with Crippen molar-refractivity contribution in [1.29, 1.82) is 0 Å². The first-order chi connectivity index (χ1) is 12.6. The van der Waals surface area contributed by atoms with Gasteiger partial charge in [0, 0.05) is 0 Å². The first-order valence-electron chi connectivity index (χ1n) is 9.48. The summed E-state index contributed by atoms with van der Waals surface area (Å²) < 4.78 is 7.12. The fourth-order valence-electron chi connectivity index (χ4n) is 4.63. The molecule has 4 rings (SSSR count). The lowest BCUT2D eigenvalue weighted by molar-refractivity contribution is 0.232. The molecule has 2 atom stereocenters. The third-order valence-corrected chi connectivity index (χ3v) is 10.5. The molecule has 0 amide bonds. The van der Waals surface area contributed by atoms with E-state index in [-0.39, 0.29) is 6.10 Å². The van der Waals surface area contributed by atoms with Crippen LogP contribution in [0.1, 0.15) is 36.1 Å². The van der Waals surface area contributed by atoms with Crippen LogP contribution in [0.2, 0.25) is 5.54 Å². The summed E-state index contributed by atoms with van der Waals surface area (Å²) in [5.41, 5.74) is 4.60. The topological polar surface area (TPSA) is 9.23 Å². The lowest BCUT2D eigenvalue weighted by atomic mass is 9.95. The molecule has 0 radical (unpaired) electrons. The Morgan fingerprint density at radius 1 is 0.731 bits per heavy atom. The van der Waals surface area contributed by atoms with Crippen molar-refractivity contribution in [1.82, 2.24) is 0 Å². The van der Waals surface area contributed by atoms with E-state index in [1.807, 2.05) is 0 Å². The van der Waals surface area contributed by atoms with Crippen LogP contribution in [0.3, 0.4) is 0 Å². The Balaban J connectivity index is 1.86. The van der Waals surface area contributed by atoms with Crippen LogP contribution in [0.5, 0.6) is 0 Å². The van der Waals surface area contributed by atoms with Crippen LogP contribution in [-0.4, -0.2) is 8.32 Å². The third-order valence-electron chi connectivity index (χ3n) is 5.86. The highest BCUT2D eigenvalue weighted by Gasteiger charge is 2.52. The summed E-state index contributed by atoms with van der Waals surface area (Å²) in [5.74, 6) is 0. The van der Waals surface area contributed by atoms with E-state index in [4.69, 9.17) is 4.43 Å². The molecule has 26 heavy (non-hydrogen) atoms. The van der Waals surface area contributed by atoms with Crippen molar-refractivity contribution in [3.8, 4) is 0 Å². The maximum absolute atomic E-state index is 7.12. The van der Waals surface area contributed by atoms with Crippen LogP contribution in [0, 0.1) is 13.8 Å². The molecule has 3 aromatic rings. The molecule has 0 spiro atoms. The molecule has 1 aliphatic rings. The fourth-order valence-corrected chi connectivity index (χ4v) is 9.19. The van der Waals surface area contributed by atoms with Gasteiger partial charge in [-0.3, -0.25) is 0 Å². The minimum absolute atomic E-state index is 0.179. The first-order valence-corrected chi connectivity index (χ1v) is 11.5. The van der Waals surface area contributed by atoms with Crippen molar-refractivity contribution < 1.29 is 4.43 Å². The lowest BCUT2D eigenvalue weighted by Crippen LogP contribution is -2.60. The van der Waals surface area contributed by atoms with Gasteiger partial charge in [-0.05, 0) is 52.9 Å². The number of hydrogen-bond donors (Lipinski definition) is 0. The van der Waals surface area contributed by atoms with E-state index in [0.29, 0.717) is 5.54 Å². The molecule has 0 aromatic heterocycles. The minimum Gasteiger partial charge on any atom is -0.401 e. The molecule has 0 N–H and O–H groups in total. The van der Waals surface area contributed by atoms with Crippen LogP contribution in [0.4, 0.5) is 0 Å². The highest BCUT2D eigenvalue weighted by molar-refractivity contribution is 6.98. The average Bonchev–Trinajstić information content (AvgIpc) is 3.01.